The van der Waals surface area contributed by atoms with Crippen LogP contribution in [0.2, 0.25) is 0 Å². The first-order chi connectivity index (χ1) is 14.9. The fourth-order valence-corrected chi connectivity index (χ4v) is 4.19. The summed E-state index contributed by atoms with van der Waals surface area (Å²) in [7, 11) is 0. The second-order valence-corrected chi connectivity index (χ2v) is 7.70. The summed E-state index contributed by atoms with van der Waals surface area (Å²) in [5.74, 6) is 0.0424. The van der Waals surface area contributed by atoms with E-state index in [2.05, 4.69) is 14.8 Å². The van der Waals surface area contributed by atoms with Gasteiger partial charge in [-0.15, -0.1) is 0 Å². The van der Waals surface area contributed by atoms with E-state index in [4.69, 9.17) is 0 Å². The van der Waals surface area contributed by atoms with Crippen molar-refractivity contribution >= 4 is 10.9 Å². The van der Waals surface area contributed by atoms with Crippen molar-refractivity contribution in [3.8, 4) is 5.75 Å². The number of benzene rings is 2. The molecule has 1 aliphatic rings. The lowest BCUT2D eigenvalue weighted by Crippen LogP contribution is -2.48. The fraction of sp³-hybridized carbons (Fsp3) is 0.348. The predicted molar refractivity (Wildman–Crippen MR) is 112 cm³/mol. The Morgan fingerprint density at radius 2 is 1.68 bits per heavy atom. The third kappa shape index (κ3) is 4.51. The minimum Gasteiger partial charge on any atom is -0.505 e. The lowest BCUT2D eigenvalue weighted by molar-refractivity contribution is -0.137. The van der Waals surface area contributed by atoms with E-state index in [0.717, 1.165) is 30.6 Å². The number of fused-ring (bicyclic) bond motifs is 1. The lowest BCUT2D eigenvalue weighted by atomic mass is 9.93. The van der Waals surface area contributed by atoms with Crippen LogP contribution >= 0.6 is 0 Å². The number of pyridine rings is 1. The van der Waals surface area contributed by atoms with Gasteiger partial charge in [0.1, 0.15) is 11.3 Å². The van der Waals surface area contributed by atoms with Gasteiger partial charge >= 0.3 is 6.18 Å². The van der Waals surface area contributed by atoms with E-state index in [9.17, 15) is 23.4 Å². The molecule has 2 heterocycles. The number of nitrogens with zero attached hydrogens (tertiary/aromatic N) is 3. The normalized spacial score (nSPS) is 17.2. The molecule has 8 heteroatoms. The number of hydrogen-bond donors (Lipinski definition) is 2. The Morgan fingerprint density at radius 3 is 2.32 bits per heavy atom. The maximum Gasteiger partial charge on any atom is 0.416 e. The molecule has 2 N–H and O–H groups in total. The first-order valence-corrected chi connectivity index (χ1v) is 10.2. The van der Waals surface area contributed by atoms with Crippen LogP contribution < -0.4 is 0 Å². The second-order valence-electron chi connectivity index (χ2n) is 7.70. The van der Waals surface area contributed by atoms with Crippen molar-refractivity contribution in [2.75, 3.05) is 39.3 Å². The van der Waals surface area contributed by atoms with Gasteiger partial charge in [0.15, 0.2) is 0 Å². The molecular weight excluding hydrogens is 407 g/mol. The van der Waals surface area contributed by atoms with Gasteiger partial charge in [-0.05, 0) is 23.8 Å². The molecule has 164 valence electrons. The number of phenolic OH excluding ortho intramolecular Hbond substituents is 1. The highest BCUT2D eigenvalue weighted by Crippen LogP contribution is 2.39. The van der Waals surface area contributed by atoms with Crippen molar-refractivity contribution in [1.29, 1.82) is 0 Å². The number of β-amino-alcohol motifs (C(OH)–C–C–N with tert-alkyl or cyclic N) is 1. The van der Waals surface area contributed by atoms with Crippen LogP contribution in [0.15, 0.2) is 54.7 Å². The summed E-state index contributed by atoms with van der Waals surface area (Å²) < 4.78 is 39.2. The lowest BCUT2D eigenvalue weighted by Gasteiger charge is -2.39. The number of aromatic hydroxyl groups is 1. The molecule has 5 nitrogen and oxygen atoms in total. The standard InChI is InChI=1S/C23H24F3N3O2/c24-23(25,26)18-6-3-17(4-7-18)21(29-12-10-28(11-13-29)14-15-30)19-8-5-16-2-1-9-27-20(16)22(19)31/h1-9,21,30-31H,10-15H2/t21-/m1/s1. The Kier molecular flexibility index (Phi) is 6.13. The Balaban J connectivity index is 1.74. The van der Waals surface area contributed by atoms with Gasteiger partial charge in [-0.2, -0.15) is 13.2 Å². The molecular formula is C23H24F3N3O2. The van der Waals surface area contributed by atoms with E-state index < -0.39 is 17.8 Å². The summed E-state index contributed by atoms with van der Waals surface area (Å²) in [6, 6.07) is 12.1. The maximum absolute atomic E-state index is 13.1. The van der Waals surface area contributed by atoms with Crippen LogP contribution in [0.1, 0.15) is 22.7 Å². The van der Waals surface area contributed by atoms with Gasteiger partial charge in [0.2, 0.25) is 0 Å². The van der Waals surface area contributed by atoms with Gasteiger partial charge in [-0.1, -0.05) is 30.3 Å². The number of aliphatic hydroxyl groups is 1. The summed E-state index contributed by atoms with van der Waals surface area (Å²) >= 11 is 0. The number of hydrogen-bond acceptors (Lipinski definition) is 5. The van der Waals surface area contributed by atoms with Crippen LogP contribution in [-0.2, 0) is 6.18 Å². The number of halogens is 3. The first-order valence-electron chi connectivity index (χ1n) is 10.2. The average molecular weight is 431 g/mol. The van der Waals surface area contributed by atoms with Crippen LogP contribution in [0.4, 0.5) is 13.2 Å². The molecule has 0 saturated carbocycles. The molecule has 4 rings (SSSR count). The van der Waals surface area contributed by atoms with Crippen molar-refractivity contribution in [2.45, 2.75) is 12.2 Å². The van der Waals surface area contributed by atoms with E-state index in [1.165, 1.54) is 12.1 Å². The zero-order valence-corrected chi connectivity index (χ0v) is 16.9. The SMILES string of the molecule is OCCN1CCN([C@H](c2ccc(C(F)(F)F)cc2)c2ccc3cccnc3c2O)CC1. The molecule has 1 aromatic heterocycles. The Labute approximate surface area is 178 Å². The Morgan fingerprint density at radius 1 is 0.968 bits per heavy atom. The van der Waals surface area contributed by atoms with Gasteiger partial charge in [-0.25, -0.2) is 0 Å². The maximum atomic E-state index is 13.1. The molecule has 0 radical (unpaired) electrons. The van der Waals surface area contributed by atoms with Gasteiger partial charge in [0.25, 0.3) is 0 Å². The van der Waals surface area contributed by atoms with Gasteiger partial charge < -0.3 is 10.2 Å². The monoisotopic (exact) mass is 431 g/mol. The fourth-order valence-electron chi connectivity index (χ4n) is 4.19. The summed E-state index contributed by atoms with van der Waals surface area (Å²) in [5.41, 5.74) is 1.05. The van der Waals surface area contributed by atoms with Gasteiger partial charge in [-0.3, -0.25) is 14.8 Å². The minimum absolute atomic E-state index is 0.0424. The third-order valence-electron chi connectivity index (χ3n) is 5.82. The first kappa shape index (κ1) is 21.5. The highest BCUT2D eigenvalue weighted by Gasteiger charge is 2.32. The molecule has 1 saturated heterocycles. The number of piperazine rings is 1. The Hall–Kier alpha value is -2.68. The van der Waals surface area contributed by atoms with E-state index in [1.807, 2.05) is 18.2 Å². The number of aliphatic hydroxyl groups excluding tert-OH is 1. The second kappa shape index (κ2) is 8.82. The average Bonchev–Trinajstić information content (AvgIpc) is 2.77. The number of alkyl halides is 3. The predicted octanol–water partition coefficient (Wildman–Crippen LogP) is 3.66. The van der Waals surface area contributed by atoms with Crippen molar-refractivity contribution in [3.05, 3.63) is 71.4 Å². The topological polar surface area (TPSA) is 59.8 Å². The summed E-state index contributed by atoms with van der Waals surface area (Å²) in [6.45, 7) is 3.44. The van der Waals surface area contributed by atoms with Crippen LogP contribution in [-0.4, -0.2) is 64.3 Å². The molecule has 2 aromatic carbocycles. The molecule has 0 amide bonds. The molecule has 31 heavy (non-hydrogen) atoms. The molecule has 1 atom stereocenters. The molecule has 1 aliphatic heterocycles. The zero-order chi connectivity index (χ0) is 22.0. The van der Waals surface area contributed by atoms with E-state index in [0.29, 0.717) is 36.3 Å². The van der Waals surface area contributed by atoms with Gasteiger partial charge in [0, 0.05) is 49.9 Å². The van der Waals surface area contributed by atoms with Crippen molar-refractivity contribution < 1.29 is 23.4 Å². The number of phenols is 1. The third-order valence-corrected chi connectivity index (χ3v) is 5.82. The zero-order valence-electron chi connectivity index (χ0n) is 16.9. The summed E-state index contributed by atoms with van der Waals surface area (Å²) in [4.78, 5) is 8.59. The van der Waals surface area contributed by atoms with Crippen LogP contribution in [0.25, 0.3) is 10.9 Å². The van der Waals surface area contributed by atoms with Crippen molar-refractivity contribution in [1.82, 2.24) is 14.8 Å². The van der Waals surface area contributed by atoms with E-state index in [1.54, 1.807) is 12.3 Å². The number of aromatic nitrogens is 1. The molecule has 0 unspecified atom stereocenters. The molecule has 1 fully saturated rings. The van der Waals surface area contributed by atoms with Gasteiger partial charge in [0.05, 0.1) is 18.2 Å². The highest BCUT2D eigenvalue weighted by molar-refractivity contribution is 5.85. The van der Waals surface area contributed by atoms with Crippen LogP contribution in [0.3, 0.4) is 0 Å². The molecule has 0 spiro atoms. The Bertz CT molecular complexity index is 1030. The molecule has 0 bridgehead atoms. The quantitative estimate of drug-likeness (QED) is 0.646. The largest absolute Gasteiger partial charge is 0.505 e. The summed E-state index contributed by atoms with van der Waals surface area (Å²) in [5, 5.41) is 21.0. The number of rotatable bonds is 5. The molecule has 3 aromatic rings. The molecule has 0 aliphatic carbocycles. The smallest absolute Gasteiger partial charge is 0.416 e. The van der Waals surface area contributed by atoms with E-state index >= 15 is 0 Å². The van der Waals surface area contributed by atoms with Crippen molar-refractivity contribution in [2.24, 2.45) is 0 Å². The minimum atomic E-state index is -4.40. The van der Waals surface area contributed by atoms with E-state index in [-0.39, 0.29) is 12.4 Å². The summed E-state index contributed by atoms with van der Waals surface area (Å²) in [6.07, 6.45) is -2.80. The van der Waals surface area contributed by atoms with Crippen molar-refractivity contribution in [3.63, 3.8) is 0 Å². The highest BCUT2D eigenvalue weighted by atomic mass is 19.4. The van der Waals surface area contributed by atoms with Crippen LogP contribution in [0, 0.1) is 0 Å². The van der Waals surface area contributed by atoms with Crippen LogP contribution in [0.5, 0.6) is 5.75 Å².